The highest BCUT2D eigenvalue weighted by Gasteiger charge is 1.98. The minimum atomic E-state index is 0.410. The maximum atomic E-state index is 9.44. The second kappa shape index (κ2) is 8.16. The summed E-state index contributed by atoms with van der Waals surface area (Å²) in [7, 11) is 0. The summed E-state index contributed by atoms with van der Waals surface area (Å²) in [6.07, 6.45) is 10.6. The van der Waals surface area contributed by atoms with Gasteiger partial charge >= 0.3 is 0 Å². The van der Waals surface area contributed by atoms with Gasteiger partial charge in [0.1, 0.15) is 5.75 Å². The van der Waals surface area contributed by atoms with E-state index >= 15 is 0 Å². The van der Waals surface area contributed by atoms with E-state index in [0.717, 1.165) is 12.0 Å². The summed E-state index contributed by atoms with van der Waals surface area (Å²) in [6, 6.07) is 5.96. The SMILES string of the molecule is CCCCCCCCCc1ccc(O)c(C)c1. The number of benzene rings is 1. The molecule has 1 N–H and O–H groups in total. The minimum absolute atomic E-state index is 0.410. The summed E-state index contributed by atoms with van der Waals surface area (Å²) in [6.45, 7) is 4.22. The molecule has 0 aliphatic heterocycles. The molecule has 1 aromatic carbocycles. The van der Waals surface area contributed by atoms with E-state index in [1.54, 1.807) is 0 Å². The molecule has 1 aromatic rings. The van der Waals surface area contributed by atoms with E-state index in [1.165, 1.54) is 50.5 Å². The molecule has 0 atom stereocenters. The summed E-state index contributed by atoms with van der Waals surface area (Å²) in [5.41, 5.74) is 2.35. The lowest BCUT2D eigenvalue weighted by molar-refractivity contribution is 0.470. The van der Waals surface area contributed by atoms with Crippen LogP contribution >= 0.6 is 0 Å². The molecule has 0 bridgehead atoms. The van der Waals surface area contributed by atoms with Crippen LogP contribution in [-0.2, 0) is 6.42 Å². The standard InChI is InChI=1S/C16H26O/c1-3-4-5-6-7-8-9-10-15-11-12-16(17)14(2)13-15/h11-13,17H,3-10H2,1-2H3. The zero-order chi connectivity index (χ0) is 12.5. The van der Waals surface area contributed by atoms with Gasteiger partial charge in [0.05, 0.1) is 0 Å². The number of aryl methyl sites for hydroxylation is 2. The van der Waals surface area contributed by atoms with Gasteiger partial charge in [0.15, 0.2) is 0 Å². The molecule has 1 rings (SSSR count). The van der Waals surface area contributed by atoms with Crippen LogP contribution in [0, 0.1) is 6.92 Å². The first-order valence-corrected chi connectivity index (χ1v) is 7.02. The van der Waals surface area contributed by atoms with E-state index in [2.05, 4.69) is 13.0 Å². The fraction of sp³-hybridized carbons (Fsp3) is 0.625. The Bertz CT molecular complexity index is 317. The van der Waals surface area contributed by atoms with Crippen molar-refractivity contribution in [3.05, 3.63) is 29.3 Å². The quantitative estimate of drug-likeness (QED) is 0.628. The minimum Gasteiger partial charge on any atom is -0.508 e. The number of rotatable bonds is 8. The molecule has 1 nitrogen and oxygen atoms in total. The summed E-state index contributed by atoms with van der Waals surface area (Å²) >= 11 is 0. The van der Waals surface area contributed by atoms with Gasteiger partial charge in [0, 0.05) is 0 Å². The number of unbranched alkanes of at least 4 members (excludes halogenated alkanes) is 6. The van der Waals surface area contributed by atoms with Gasteiger partial charge in [0.25, 0.3) is 0 Å². The molecule has 0 saturated heterocycles. The molecule has 0 fully saturated rings. The van der Waals surface area contributed by atoms with Crippen LogP contribution in [0.1, 0.15) is 63.0 Å². The van der Waals surface area contributed by atoms with Crippen LogP contribution in [0.2, 0.25) is 0 Å². The topological polar surface area (TPSA) is 20.2 Å². The molecule has 0 aliphatic carbocycles. The lowest BCUT2D eigenvalue weighted by Gasteiger charge is -2.04. The van der Waals surface area contributed by atoms with E-state index in [1.807, 2.05) is 19.1 Å². The van der Waals surface area contributed by atoms with Crippen molar-refractivity contribution in [3.63, 3.8) is 0 Å². The fourth-order valence-corrected chi connectivity index (χ4v) is 2.16. The number of aromatic hydroxyl groups is 1. The van der Waals surface area contributed by atoms with E-state index < -0.39 is 0 Å². The summed E-state index contributed by atoms with van der Waals surface area (Å²) in [4.78, 5) is 0. The average Bonchev–Trinajstić information content (AvgIpc) is 2.32. The lowest BCUT2D eigenvalue weighted by Crippen LogP contribution is -1.87. The molecule has 0 spiro atoms. The highest BCUT2D eigenvalue weighted by atomic mass is 16.3. The maximum absolute atomic E-state index is 9.44. The summed E-state index contributed by atoms with van der Waals surface area (Å²) < 4.78 is 0. The highest BCUT2D eigenvalue weighted by molar-refractivity contribution is 5.34. The Morgan fingerprint density at radius 3 is 2.24 bits per heavy atom. The molecule has 0 aliphatic rings. The molecule has 1 heteroatoms. The first-order chi connectivity index (χ1) is 8.24. The van der Waals surface area contributed by atoms with Crippen molar-refractivity contribution in [1.29, 1.82) is 0 Å². The van der Waals surface area contributed by atoms with Crippen LogP contribution in [0.5, 0.6) is 5.75 Å². The van der Waals surface area contributed by atoms with E-state index in [0.29, 0.717) is 5.75 Å². The monoisotopic (exact) mass is 234 g/mol. The van der Waals surface area contributed by atoms with E-state index in [9.17, 15) is 5.11 Å². The number of hydrogen-bond acceptors (Lipinski definition) is 1. The zero-order valence-electron chi connectivity index (χ0n) is 11.3. The molecule has 0 unspecified atom stereocenters. The maximum Gasteiger partial charge on any atom is 0.118 e. The Kier molecular flexibility index (Phi) is 6.76. The van der Waals surface area contributed by atoms with Crippen LogP contribution in [0.4, 0.5) is 0 Å². The van der Waals surface area contributed by atoms with Crippen molar-refractivity contribution in [2.45, 2.75) is 65.2 Å². The smallest absolute Gasteiger partial charge is 0.118 e. The van der Waals surface area contributed by atoms with Crippen LogP contribution in [0.15, 0.2) is 18.2 Å². The van der Waals surface area contributed by atoms with Gasteiger partial charge in [0.2, 0.25) is 0 Å². The highest BCUT2D eigenvalue weighted by Crippen LogP contribution is 2.18. The van der Waals surface area contributed by atoms with Crippen molar-refractivity contribution in [2.24, 2.45) is 0 Å². The van der Waals surface area contributed by atoms with Crippen LogP contribution in [0.3, 0.4) is 0 Å². The number of phenolic OH excluding ortho intramolecular Hbond substituents is 1. The second-order valence-electron chi connectivity index (χ2n) is 4.99. The Labute approximate surface area is 106 Å². The van der Waals surface area contributed by atoms with Gasteiger partial charge in [-0.25, -0.2) is 0 Å². The predicted octanol–water partition coefficient (Wildman–Crippen LogP) is 4.99. The molecule has 0 aromatic heterocycles. The molecule has 96 valence electrons. The molecule has 0 radical (unpaired) electrons. The first kappa shape index (κ1) is 14.1. The third-order valence-electron chi connectivity index (χ3n) is 3.33. The van der Waals surface area contributed by atoms with Crippen LogP contribution in [0.25, 0.3) is 0 Å². The van der Waals surface area contributed by atoms with Crippen molar-refractivity contribution in [2.75, 3.05) is 0 Å². The molecule has 17 heavy (non-hydrogen) atoms. The van der Waals surface area contributed by atoms with Gasteiger partial charge in [-0.2, -0.15) is 0 Å². The van der Waals surface area contributed by atoms with E-state index in [4.69, 9.17) is 0 Å². The Hall–Kier alpha value is -0.980. The van der Waals surface area contributed by atoms with Gasteiger partial charge in [-0.3, -0.25) is 0 Å². The Balaban J connectivity index is 2.11. The molecular weight excluding hydrogens is 208 g/mol. The molecule has 0 amide bonds. The second-order valence-corrected chi connectivity index (χ2v) is 4.99. The Morgan fingerprint density at radius 1 is 0.941 bits per heavy atom. The summed E-state index contributed by atoms with van der Waals surface area (Å²) in [5, 5.41) is 9.44. The van der Waals surface area contributed by atoms with Crippen molar-refractivity contribution in [3.8, 4) is 5.75 Å². The first-order valence-electron chi connectivity index (χ1n) is 7.02. The van der Waals surface area contributed by atoms with Gasteiger partial charge in [-0.05, 0) is 37.0 Å². The van der Waals surface area contributed by atoms with Crippen molar-refractivity contribution in [1.82, 2.24) is 0 Å². The molecule has 0 saturated carbocycles. The van der Waals surface area contributed by atoms with Crippen molar-refractivity contribution < 1.29 is 5.11 Å². The van der Waals surface area contributed by atoms with Gasteiger partial charge < -0.3 is 5.11 Å². The number of hydrogen-bond donors (Lipinski definition) is 1. The number of phenols is 1. The zero-order valence-corrected chi connectivity index (χ0v) is 11.3. The van der Waals surface area contributed by atoms with Gasteiger partial charge in [-0.15, -0.1) is 0 Å². The third-order valence-corrected chi connectivity index (χ3v) is 3.33. The predicted molar refractivity (Wildman–Crippen MR) is 74.5 cm³/mol. The Morgan fingerprint density at radius 2 is 1.59 bits per heavy atom. The normalized spacial score (nSPS) is 10.7. The van der Waals surface area contributed by atoms with Gasteiger partial charge in [-0.1, -0.05) is 57.6 Å². The molecule has 0 heterocycles. The fourth-order valence-electron chi connectivity index (χ4n) is 2.16. The van der Waals surface area contributed by atoms with Crippen LogP contribution < -0.4 is 0 Å². The lowest BCUT2D eigenvalue weighted by atomic mass is 10.0. The molecular formula is C16H26O. The van der Waals surface area contributed by atoms with E-state index in [-0.39, 0.29) is 0 Å². The largest absolute Gasteiger partial charge is 0.508 e. The average molecular weight is 234 g/mol. The summed E-state index contributed by atoms with van der Waals surface area (Å²) in [5.74, 6) is 0.410. The third kappa shape index (κ3) is 5.76. The van der Waals surface area contributed by atoms with Crippen molar-refractivity contribution >= 4 is 0 Å². The van der Waals surface area contributed by atoms with Crippen LogP contribution in [-0.4, -0.2) is 5.11 Å².